The molecule has 4 heteroatoms. The van der Waals surface area contributed by atoms with Gasteiger partial charge in [0.15, 0.2) is 0 Å². The van der Waals surface area contributed by atoms with Gasteiger partial charge in [0, 0.05) is 32.7 Å². The number of nitrogens with one attached hydrogen (secondary N) is 2. The van der Waals surface area contributed by atoms with Crippen LogP contribution in [0.5, 0.6) is 0 Å². The minimum absolute atomic E-state index is 0.203. The molecule has 1 heterocycles. The Balaban J connectivity index is 2.27. The summed E-state index contributed by atoms with van der Waals surface area (Å²) in [5, 5.41) is 6.28. The van der Waals surface area contributed by atoms with E-state index < -0.39 is 0 Å². The Labute approximate surface area is 79.7 Å². The van der Waals surface area contributed by atoms with Gasteiger partial charge >= 0.3 is 0 Å². The largest absolute Gasteiger partial charge is 0.339 e. The third kappa shape index (κ3) is 2.97. The first-order chi connectivity index (χ1) is 6.25. The van der Waals surface area contributed by atoms with Gasteiger partial charge in [-0.1, -0.05) is 0 Å². The molecular formula is C9H19N3O. The predicted molar refractivity (Wildman–Crippen MR) is 52.3 cm³/mol. The number of carbonyl (C=O) groups is 1. The van der Waals surface area contributed by atoms with Gasteiger partial charge in [-0.15, -0.1) is 0 Å². The fourth-order valence-corrected chi connectivity index (χ4v) is 1.83. The summed E-state index contributed by atoms with van der Waals surface area (Å²) in [6, 6.07) is 0.408. The van der Waals surface area contributed by atoms with E-state index in [0.717, 1.165) is 32.6 Å². The van der Waals surface area contributed by atoms with Gasteiger partial charge in [0.1, 0.15) is 0 Å². The van der Waals surface area contributed by atoms with Gasteiger partial charge in [-0.05, 0) is 19.9 Å². The van der Waals surface area contributed by atoms with E-state index in [-0.39, 0.29) is 5.91 Å². The van der Waals surface area contributed by atoms with E-state index >= 15 is 0 Å². The zero-order chi connectivity index (χ0) is 9.68. The summed E-state index contributed by atoms with van der Waals surface area (Å²) >= 11 is 0. The molecule has 0 spiro atoms. The molecule has 0 aromatic heterocycles. The molecule has 76 valence electrons. The smallest absolute Gasteiger partial charge is 0.219 e. The highest BCUT2D eigenvalue weighted by molar-refractivity contribution is 5.73. The van der Waals surface area contributed by atoms with Crippen molar-refractivity contribution in [1.82, 2.24) is 15.5 Å². The first-order valence-electron chi connectivity index (χ1n) is 4.88. The molecule has 0 aromatic carbocycles. The Kier molecular flexibility index (Phi) is 4.18. The lowest BCUT2D eigenvalue weighted by Crippen LogP contribution is -2.42. The van der Waals surface area contributed by atoms with E-state index in [2.05, 4.69) is 10.6 Å². The number of rotatable bonds is 4. The summed E-state index contributed by atoms with van der Waals surface area (Å²) in [5.74, 6) is 0.203. The van der Waals surface area contributed by atoms with E-state index in [1.54, 1.807) is 6.92 Å². The van der Waals surface area contributed by atoms with Crippen LogP contribution in [0.4, 0.5) is 0 Å². The summed E-state index contributed by atoms with van der Waals surface area (Å²) in [6.45, 7) is 4.29. The Morgan fingerprint density at radius 1 is 1.62 bits per heavy atom. The second-order valence-electron chi connectivity index (χ2n) is 3.49. The van der Waals surface area contributed by atoms with E-state index in [9.17, 15) is 4.79 Å². The molecule has 13 heavy (non-hydrogen) atoms. The molecule has 1 aliphatic rings. The first-order valence-corrected chi connectivity index (χ1v) is 4.88. The maximum Gasteiger partial charge on any atom is 0.219 e. The molecule has 2 N–H and O–H groups in total. The minimum Gasteiger partial charge on any atom is -0.339 e. The van der Waals surface area contributed by atoms with Crippen molar-refractivity contribution >= 4 is 5.91 Å². The molecule has 1 rings (SSSR count). The van der Waals surface area contributed by atoms with Gasteiger partial charge in [0.2, 0.25) is 5.91 Å². The molecule has 4 nitrogen and oxygen atoms in total. The number of hydrogen-bond acceptors (Lipinski definition) is 3. The topological polar surface area (TPSA) is 44.4 Å². The maximum atomic E-state index is 11.2. The van der Waals surface area contributed by atoms with Crippen molar-refractivity contribution < 1.29 is 4.79 Å². The zero-order valence-electron chi connectivity index (χ0n) is 8.47. The summed E-state index contributed by atoms with van der Waals surface area (Å²) in [5.41, 5.74) is 0. The third-order valence-corrected chi connectivity index (χ3v) is 2.46. The predicted octanol–water partition coefficient (Wildman–Crippen LogP) is -0.236. The second-order valence-corrected chi connectivity index (χ2v) is 3.49. The highest BCUT2D eigenvalue weighted by atomic mass is 16.2. The Morgan fingerprint density at radius 3 is 3.00 bits per heavy atom. The van der Waals surface area contributed by atoms with Crippen LogP contribution >= 0.6 is 0 Å². The highest BCUT2D eigenvalue weighted by Crippen LogP contribution is 2.15. The molecule has 1 fully saturated rings. The number of carbonyl (C=O) groups excluding carboxylic acids is 1. The molecule has 0 aromatic rings. The highest BCUT2D eigenvalue weighted by Gasteiger charge is 2.25. The Bertz CT molecular complexity index is 172. The summed E-state index contributed by atoms with van der Waals surface area (Å²) in [6.07, 6.45) is 2.28. The van der Waals surface area contributed by atoms with Crippen molar-refractivity contribution in [2.24, 2.45) is 0 Å². The van der Waals surface area contributed by atoms with Crippen LogP contribution in [-0.2, 0) is 4.79 Å². The maximum absolute atomic E-state index is 11.2. The number of nitrogens with zero attached hydrogens (tertiary/aromatic N) is 1. The summed E-state index contributed by atoms with van der Waals surface area (Å²) in [7, 11) is 1.91. The van der Waals surface area contributed by atoms with Crippen LogP contribution in [0.1, 0.15) is 19.8 Å². The van der Waals surface area contributed by atoms with Crippen molar-refractivity contribution in [1.29, 1.82) is 0 Å². The number of amides is 1. The van der Waals surface area contributed by atoms with Crippen LogP contribution in [0.15, 0.2) is 0 Å². The Morgan fingerprint density at radius 2 is 2.38 bits per heavy atom. The first kappa shape index (κ1) is 10.5. The van der Waals surface area contributed by atoms with Gasteiger partial charge in [0.05, 0.1) is 0 Å². The lowest BCUT2D eigenvalue weighted by atomic mass is 10.2. The molecule has 0 aliphatic carbocycles. The van der Waals surface area contributed by atoms with Gasteiger partial charge in [-0.3, -0.25) is 4.79 Å². The van der Waals surface area contributed by atoms with E-state index in [1.807, 2.05) is 11.9 Å². The molecule has 1 saturated heterocycles. The molecular weight excluding hydrogens is 166 g/mol. The van der Waals surface area contributed by atoms with Gasteiger partial charge < -0.3 is 15.5 Å². The van der Waals surface area contributed by atoms with Crippen molar-refractivity contribution in [2.45, 2.75) is 25.8 Å². The lowest BCUT2D eigenvalue weighted by molar-refractivity contribution is -0.129. The average molecular weight is 185 g/mol. The second kappa shape index (κ2) is 5.19. The molecule has 0 bridgehead atoms. The lowest BCUT2D eigenvalue weighted by Gasteiger charge is -2.23. The van der Waals surface area contributed by atoms with E-state index in [0.29, 0.717) is 6.04 Å². The van der Waals surface area contributed by atoms with Gasteiger partial charge in [-0.2, -0.15) is 0 Å². The summed E-state index contributed by atoms with van der Waals surface area (Å²) < 4.78 is 0. The van der Waals surface area contributed by atoms with Crippen molar-refractivity contribution in [3.8, 4) is 0 Å². The Hall–Kier alpha value is -0.610. The van der Waals surface area contributed by atoms with Crippen molar-refractivity contribution in [3.63, 3.8) is 0 Å². The molecule has 1 atom stereocenters. The average Bonchev–Trinajstić information content (AvgIpc) is 2.53. The molecule has 0 radical (unpaired) electrons. The van der Waals surface area contributed by atoms with Crippen molar-refractivity contribution in [2.75, 3.05) is 26.8 Å². The van der Waals surface area contributed by atoms with Crippen LogP contribution in [0.2, 0.25) is 0 Å². The molecule has 1 unspecified atom stereocenters. The normalized spacial score (nSPS) is 22.3. The SMILES string of the molecule is CNCNCC1CCCN1C(C)=O. The summed E-state index contributed by atoms with van der Waals surface area (Å²) in [4.78, 5) is 13.1. The zero-order valence-corrected chi connectivity index (χ0v) is 8.47. The van der Waals surface area contributed by atoms with Crippen LogP contribution in [0.3, 0.4) is 0 Å². The fourth-order valence-electron chi connectivity index (χ4n) is 1.83. The van der Waals surface area contributed by atoms with Crippen LogP contribution in [0, 0.1) is 0 Å². The number of hydrogen-bond donors (Lipinski definition) is 2. The van der Waals surface area contributed by atoms with Crippen LogP contribution in [-0.4, -0.2) is 43.7 Å². The standard InChI is InChI=1S/C9H19N3O/c1-8(13)12-5-3-4-9(12)6-11-7-10-2/h9-11H,3-7H2,1-2H3. The van der Waals surface area contributed by atoms with Crippen molar-refractivity contribution in [3.05, 3.63) is 0 Å². The van der Waals surface area contributed by atoms with Gasteiger partial charge in [0.25, 0.3) is 0 Å². The number of likely N-dealkylation sites (tertiary alicyclic amines) is 1. The third-order valence-electron chi connectivity index (χ3n) is 2.46. The monoisotopic (exact) mass is 185 g/mol. The van der Waals surface area contributed by atoms with E-state index in [4.69, 9.17) is 0 Å². The molecule has 1 amide bonds. The molecule has 1 aliphatic heterocycles. The van der Waals surface area contributed by atoms with Crippen LogP contribution in [0.25, 0.3) is 0 Å². The fraction of sp³-hybridized carbons (Fsp3) is 0.889. The molecule has 0 saturated carbocycles. The van der Waals surface area contributed by atoms with Gasteiger partial charge in [-0.25, -0.2) is 0 Å². The van der Waals surface area contributed by atoms with E-state index in [1.165, 1.54) is 0 Å². The van der Waals surface area contributed by atoms with Crippen LogP contribution < -0.4 is 10.6 Å². The quantitative estimate of drug-likeness (QED) is 0.469. The minimum atomic E-state index is 0.203.